The van der Waals surface area contributed by atoms with Crippen LogP contribution < -0.4 is 5.32 Å². The molecule has 1 aliphatic heterocycles. The Bertz CT molecular complexity index is 1040. The number of hydrogen-bond donors (Lipinski definition) is 1. The molecule has 1 saturated heterocycles. The van der Waals surface area contributed by atoms with Crippen molar-refractivity contribution in [2.75, 3.05) is 16.8 Å². The first kappa shape index (κ1) is 19.9. The number of nitrogens with zero attached hydrogens (tertiary/aromatic N) is 2. The Labute approximate surface area is 166 Å². The molecule has 6 nitrogen and oxygen atoms in total. The van der Waals surface area contributed by atoms with Crippen LogP contribution in [0.5, 0.6) is 0 Å². The number of amides is 1. The molecule has 156 valence electrons. The van der Waals surface area contributed by atoms with Crippen LogP contribution in [0.2, 0.25) is 0 Å². The van der Waals surface area contributed by atoms with Gasteiger partial charge in [0, 0.05) is 12.0 Å². The van der Waals surface area contributed by atoms with E-state index in [1.807, 2.05) is 0 Å². The van der Waals surface area contributed by atoms with Gasteiger partial charge in [-0.25, -0.2) is 13.1 Å². The first-order chi connectivity index (χ1) is 13.5. The summed E-state index contributed by atoms with van der Waals surface area (Å²) in [5.74, 6) is -0.147. The highest BCUT2D eigenvalue weighted by atomic mass is 32.2. The fraction of sp³-hybridized carbons (Fsp3) is 0.474. The van der Waals surface area contributed by atoms with Gasteiger partial charge in [-0.05, 0) is 43.4 Å². The van der Waals surface area contributed by atoms with E-state index >= 15 is 0 Å². The molecule has 0 radical (unpaired) electrons. The summed E-state index contributed by atoms with van der Waals surface area (Å²) in [6, 6.07) is 6.27. The summed E-state index contributed by atoms with van der Waals surface area (Å²) in [5.41, 5.74) is 0.651. The molecule has 0 bridgehead atoms. The van der Waals surface area contributed by atoms with E-state index in [-0.39, 0.29) is 35.3 Å². The van der Waals surface area contributed by atoms with Gasteiger partial charge in [-0.15, -0.1) is 0 Å². The van der Waals surface area contributed by atoms with Crippen molar-refractivity contribution in [1.82, 2.24) is 9.78 Å². The van der Waals surface area contributed by atoms with Crippen molar-refractivity contribution in [3.63, 3.8) is 0 Å². The van der Waals surface area contributed by atoms with Crippen molar-refractivity contribution in [2.24, 2.45) is 5.92 Å². The number of anilines is 1. The summed E-state index contributed by atoms with van der Waals surface area (Å²) in [7, 11) is -3.10. The van der Waals surface area contributed by atoms with Crippen LogP contribution in [0.4, 0.5) is 19.0 Å². The molecule has 1 aromatic heterocycles. The molecule has 0 spiro atoms. The molecule has 0 unspecified atom stereocenters. The zero-order valence-electron chi connectivity index (χ0n) is 15.6. The van der Waals surface area contributed by atoms with E-state index in [0.29, 0.717) is 29.9 Å². The lowest BCUT2D eigenvalue weighted by atomic mass is 10.1. The molecule has 1 amide bonds. The second-order valence-corrected chi connectivity index (χ2v) is 9.96. The number of aromatic nitrogens is 2. The number of nitrogens with one attached hydrogen (secondary N) is 1. The third-order valence-electron chi connectivity index (χ3n) is 5.46. The number of carbonyl (C=O) groups is 1. The van der Waals surface area contributed by atoms with Gasteiger partial charge in [0.15, 0.2) is 9.84 Å². The third-order valence-corrected chi connectivity index (χ3v) is 7.21. The quantitative estimate of drug-likeness (QED) is 0.812. The minimum absolute atomic E-state index is 0.00536. The normalized spacial score (nSPS) is 25.7. The highest BCUT2D eigenvalue weighted by molar-refractivity contribution is 7.91. The summed E-state index contributed by atoms with van der Waals surface area (Å²) in [5, 5.41) is 7.15. The Morgan fingerprint density at radius 3 is 2.52 bits per heavy atom. The molecule has 1 aliphatic carbocycles. The number of benzene rings is 1. The molecular formula is C19H20F3N3O3S. The lowest BCUT2D eigenvalue weighted by molar-refractivity contribution is -0.137. The van der Waals surface area contributed by atoms with Gasteiger partial charge in [0.2, 0.25) is 5.91 Å². The lowest BCUT2D eigenvalue weighted by Crippen LogP contribution is -2.21. The number of hydrogen-bond acceptors (Lipinski definition) is 4. The molecule has 4 rings (SSSR count). The van der Waals surface area contributed by atoms with Gasteiger partial charge in [-0.3, -0.25) is 4.79 Å². The number of alkyl halides is 3. The van der Waals surface area contributed by atoms with Crippen LogP contribution in [0.1, 0.15) is 41.6 Å². The van der Waals surface area contributed by atoms with E-state index in [0.717, 1.165) is 12.1 Å². The predicted octanol–water partition coefficient (Wildman–Crippen LogP) is 3.31. The van der Waals surface area contributed by atoms with Gasteiger partial charge in [0.1, 0.15) is 5.82 Å². The Morgan fingerprint density at radius 1 is 1.24 bits per heavy atom. The fourth-order valence-electron chi connectivity index (χ4n) is 3.85. The van der Waals surface area contributed by atoms with Crippen LogP contribution in [0.3, 0.4) is 0 Å². The molecule has 1 N–H and O–H groups in total. The van der Waals surface area contributed by atoms with Gasteiger partial charge in [-0.1, -0.05) is 12.1 Å². The number of rotatable bonds is 4. The summed E-state index contributed by atoms with van der Waals surface area (Å²) >= 11 is 0. The van der Waals surface area contributed by atoms with E-state index < -0.39 is 21.6 Å². The molecule has 1 aromatic carbocycles. The van der Waals surface area contributed by atoms with Crippen LogP contribution >= 0.6 is 0 Å². The first-order valence-corrected chi connectivity index (χ1v) is 11.1. The van der Waals surface area contributed by atoms with Gasteiger partial charge < -0.3 is 5.32 Å². The Hall–Kier alpha value is -2.36. The average molecular weight is 427 g/mol. The van der Waals surface area contributed by atoms with Gasteiger partial charge >= 0.3 is 6.18 Å². The Morgan fingerprint density at radius 2 is 1.93 bits per heavy atom. The van der Waals surface area contributed by atoms with E-state index in [4.69, 9.17) is 0 Å². The summed E-state index contributed by atoms with van der Waals surface area (Å²) in [6.07, 6.45) is -3.38. The number of aryl methyl sites for hydroxylation is 1. The van der Waals surface area contributed by atoms with E-state index in [9.17, 15) is 26.4 Å². The molecule has 2 aliphatic rings. The van der Waals surface area contributed by atoms with Crippen LogP contribution in [-0.2, 0) is 20.8 Å². The fourth-order valence-corrected chi connectivity index (χ4v) is 5.54. The second kappa shape index (κ2) is 6.86. The standard InChI is InChI=1S/C19H20F3N3O3S/c1-11-8-17(25(24-11)14-6-7-29(27,28)10-14)23-18(26)16-9-15(16)12-2-4-13(5-3-12)19(20,21)22/h2-5,8,14-16H,6-7,9-10H2,1H3,(H,23,26)/t14-,15-,16-/m1/s1. The van der Waals surface area contributed by atoms with Crippen molar-refractivity contribution in [3.05, 3.63) is 47.2 Å². The topological polar surface area (TPSA) is 81.1 Å². The SMILES string of the molecule is Cc1cc(NC(=O)[C@@H]2C[C@@H]2c2ccc(C(F)(F)F)cc2)n([C@@H]2CCS(=O)(=O)C2)n1. The van der Waals surface area contributed by atoms with Crippen LogP contribution in [-0.4, -0.2) is 35.6 Å². The average Bonchev–Trinajstić information content (AvgIpc) is 3.24. The number of halogens is 3. The van der Waals surface area contributed by atoms with E-state index in [1.54, 1.807) is 17.7 Å². The number of carbonyl (C=O) groups excluding carboxylic acids is 1. The van der Waals surface area contributed by atoms with Crippen LogP contribution in [0, 0.1) is 12.8 Å². The first-order valence-electron chi connectivity index (χ1n) is 9.28. The van der Waals surface area contributed by atoms with Crippen molar-refractivity contribution >= 4 is 21.6 Å². The Kier molecular flexibility index (Phi) is 4.71. The highest BCUT2D eigenvalue weighted by Crippen LogP contribution is 2.48. The van der Waals surface area contributed by atoms with Gasteiger partial charge in [0.05, 0.1) is 28.8 Å². The lowest BCUT2D eigenvalue weighted by Gasteiger charge is -2.14. The van der Waals surface area contributed by atoms with Crippen LogP contribution in [0.25, 0.3) is 0 Å². The smallest absolute Gasteiger partial charge is 0.311 e. The largest absolute Gasteiger partial charge is 0.416 e. The second-order valence-electron chi connectivity index (χ2n) is 7.73. The Balaban J connectivity index is 1.44. The van der Waals surface area contributed by atoms with Crippen LogP contribution in [0.15, 0.2) is 30.3 Å². The zero-order valence-corrected chi connectivity index (χ0v) is 16.4. The maximum Gasteiger partial charge on any atom is 0.416 e. The number of sulfone groups is 1. The summed E-state index contributed by atoms with van der Waals surface area (Å²) < 4.78 is 63.2. The molecule has 1 saturated carbocycles. The molecule has 29 heavy (non-hydrogen) atoms. The minimum Gasteiger partial charge on any atom is -0.311 e. The van der Waals surface area contributed by atoms with E-state index in [2.05, 4.69) is 10.4 Å². The van der Waals surface area contributed by atoms with Crippen molar-refractivity contribution in [2.45, 2.75) is 37.9 Å². The molecule has 10 heteroatoms. The van der Waals surface area contributed by atoms with Crippen molar-refractivity contribution < 1.29 is 26.4 Å². The van der Waals surface area contributed by atoms with Crippen molar-refractivity contribution in [1.29, 1.82) is 0 Å². The van der Waals surface area contributed by atoms with Crippen molar-refractivity contribution in [3.8, 4) is 0 Å². The zero-order chi connectivity index (χ0) is 21.0. The minimum atomic E-state index is -4.39. The summed E-state index contributed by atoms with van der Waals surface area (Å²) in [4.78, 5) is 12.6. The molecular weight excluding hydrogens is 407 g/mol. The maximum atomic E-state index is 12.7. The molecule has 3 atom stereocenters. The molecule has 2 heterocycles. The summed E-state index contributed by atoms with van der Waals surface area (Å²) in [6.45, 7) is 1.76. The highest BCUT2D eigenvalue weighted by Gasteiger charge is 2.44. The maximum absolute atomic E-state index is 12.7. The van der Waals surface area contributed by atoms with Gasteiger partial charge in [0.25, 0.3) is 0 Å². The molecule has 2 aromatic rings. The monoisotopic (exact) mass is 427 g/mol. The van der Waals surface area contributed by atoms with E-state index in [1.165, 1.54) is 12.1 Å². The third kappa shape index (κ3) is 4.17. The van der Waals surface area contributed by atoms with Gasteiger partial charge in [-0.2, -0.15) is 18.3 Å². The predicted molar refractivity (Wildman–Crippen MR) is 100 cm³/mol. The molecule has 2 fully saturated rings.